The number of aliphatic hydroxyl groups excluding tert-OH is 1. The summed E-state index contributed by atoms with van der Waals surface area (Å²) in [6.45, 7) is -0.743. The molecule has 238 valence electrons. The van der Waals surface area contributed by atoms with Gasteiger partial charge in [0.05, 0.1) is 19.2 Å². The monoisotopic (exact) mass is 679 g/mol. The summed E-state index contributed by atoms with van der Waals surface area (Å²) >= 11 is 12.4. The van der Waals surface area contributed by atoms with E-state index in [2.05, 4.69) is 5.32 Å². The maximum atomic E-state index is 13.1. The zero-order chi connectivity index (χ0) is 32.4. The van der Waals surface area contributed by atoms with Gasteiger partial charge in [0, 0.05) is 57.8 Å². The minimum absolute atomic E-state index is 0.163. The smallest absolute Gasteiger partial charge is 0.481 e. The fourth-order valence-electron chi connectivity index (χ4n) is 5.55. The normalized spacial score (nSPS) is 15.3. The number of pyridine rings is 1. The number of fused-ring (bicyclic) bond motifs is 1. The van der Waals surface area contributed by atoms with Crippen LogP contribution in [0.3, 0.4) is 0 Å². The number of methoxy groups -OCH3 is 1. The summed E-state index contributed by atoms with van der Waals surface area (Å²) in [6.07, 6.45) is 3.69. The highest BCUT2D eigenvalue weighted by Gasteiger charge is 2.50. The number of benzene rings is 3. The van der Waals surface area contributed by atoms with E-state index in [1.54, 1.807) is 18.2 Å². The lowest BCUT2D eigenvalue weighted by Crippen LogP contribution is -2.47. The lowest BCUT2D eigenvalue weighted by Gasteiger charge is -2.32. The molecule has 0 bridgehead atoms. The molecule has 45 heavy (non-hydrogen) atoms. The Morgan fingerprint density at radius 2 is 1.58 bits per heavy atom. The molecular formula is C32H30Cl2F3N3O4S. The van der Waals surface area contributed by atoms with E-state index in [4.69, 9.17) is 32.9 Å². The SMILES string of the molecule is COc1cc(NC2CCN(S(=O)(=O)C(F)(F)F)CC2)c2cc(C(c3ccc(Cl)cc3)c3ccc(Cl)cc3)cc(/C=C/CO)c2n1. The summed E-state index contributed by atoms with van der Waals surface area (Å²) in [5.41, 5.74) is -0.612. The van der Waals surface area contributed by atoms with E-state index in [0.717, 1.165) is 16.7 Å². The number of nitrogens with one attached hydrogen (secondary N) is 1. The van der Waals surface area contributed by atoms with Crippen molar-refractivity contribution in [2.75, 3.05) is 32.1 Å². The molecule has 0 spiro atoms. The van der Waals surface area contributed by atoms with Crippen molar-refractivity contribution in [3.8, 4) is 5.88 Å². The van der Waals surface area contributed by atoms with Crippen molar-refractivity contribution >= 4 is 55.9 Å². The molecule has 0 amide bonds. The van der Waals surface area contributed by atoms with Gasteiger partial charge in [-0.3, -0.25) is 0 Å². The van der Waals surface area contributed by atoms with Crippen LogP contribution in [0, 0.1) is 0 Å². The topological polar surface area (TPSA) is 91.8 Å². The maximum Gasteiger partial charge on any atom is 0.511 e. The largest absolute Gasteiger partial charge is 0.511 e. The van der Waals surface area contributed by atoms with Gasteiger partial charge in [0.15, 0.2) is 0 Å². The fraction of sp³-hybridized carbons (Fsp3) is 0.281. The fourth-order valence-corrected chi connectivity index (χ4v) is 6.78. The summed E-state index contributed by atoms with van der Waals surface area (Å²) in [5, 5.41) is 14.9. The molecule has 0 unspecified atom stereocenters. The summed E-state index contributed by atoms with van der Waals surface area (Å²) in [6, 6.07) is 20.4. The van der Waals surface area contributed by atoms with Crippen LogP contribution < -0.4 is 10.1 Å². The molecule has 2 heterocycles. The predicted molar refractivity (Wildman–Crippen MR) is 171 cm³/mol. The Labute approximate surface area is 269 Å². The third-order valence-corrected chi connectivity index (χ3v) is 9.87. The highest BCUT2D eigenvalue weighted by atomic mass is 35.5. The molecule has 4 aromatic rings. The van der Waals surface area contributed by atoms with Crippen molar-refractivity contribution in [2.24, 2.45) is 0 Å². The Morgan fingerprint density at radius 3 is 2.09 bits per heavy atom. The predicted octanol–water partition coefficient (Wildman–Crippen LogP) is 7.46. The highest BCUT2D eigenvalue weighted by Crippen LogP contribution is 2.39. The molecule has 5 rings (SSSR count). The first-order valence-electron chi connectivity index (χ1n) is 14.0. The number of anilines is 1. The summed E-state index contributed by atoms with van der Waals surface area (Å²) in [7, 11) is -3.92. The van der Waals surface area contributed by atoms with Crippen LogP contribution in [0.1, 0.15) is 41.0 Å². The first-order chi connectivity index (χ1) is 21.4. The third-order valence-electron chi connectivity index (χ3n) is 7.74. The molecule has 0 aliphatic carbocycles. The Balaban J connectivity index is 1.61. The van der Waals surface area contributed by atoms with Crippen molar-refractivity contribution in [2.45, 2.75) is 30.3 Å². The Bertz CT molecular complexity index is 1750. The lowest BCUT2D eigenvalue weighted by atomic mass is 9.83. The second-order valence-electron chi connectivity index (χ2n) is 10.6. The molecule has 1 saturated heterocycles. The summed E-state index contributed by atoms with van der Waals surface area (Å²) in [5.74, 6) is 0.0522. The van der Waals surface area contributed by atoms with Gasteiger partial charge in [-0.25, -0.2) is 13.4 Å². The van der Waals surface area contributed by atoms with Crippen LogP contribution >= 0.6 is 23.2 Å². The molecular weight excluding hydrogens is 650 g/mol. The van der Waals surface area contributed by atoms with Crippen molar-refractivity contribution in [3.63, 3.8) is 0 Å². The second kappa shape index (κ2) is 13.6. The van der Waals surface area contributed by atoms with E-state index in [1.807, 2.05) is 60.7 Å². The van der Waals surface area contributed by atoms with Crippen LogP contribution in [0.2, 0.25) is 10.0 Å². The van der Waals surface area contributed by atoms with Crippen molar-refractivity contribution in [3.05, 3.63) is 105 Å². The van der Waals surface area contributed by atoms with Gasteiger partial charge in [-0.15, -0.1) is 0 Å². The molecule has 3 aromatic carbocycles. The number of halogens is 5. The molecule has 1 fully saturated rings. The molecule has 1 aromatic heterocycles. The zero-order valence-corrected chi connectivity index (χ0v) is 26.4. The van der Waals surface area contributed by atoms with Crippen LogP contribution in [0.15, 0.2) is 72.8 Å². The molecule has 1 aliphatic heterocycles. The van der Waals surface area contributed by atoms with E-state index in [0.29, 0.717) is 42.4 Å². The molecule has 0 saturated carbocycles. The molecule has 0 radical (unpaired) electrons. The number of piperidine rings is 1. The first kappa shape index (κ1) is 33.0. The van der Waals surface area contributed by atoms with Crippen LogP contribution in [-0.2, 0) is 10.0 Å². The number of hydrogen-bond acceptors (Lipinski definition) is 6. The molecule has 2 N–H and O–H groups in total. The van der Waals surface area contributed by atoms with Crippen molar-refractivity contribution in [1.29, 1.82) is 0 Å². The summed E-state index contributed by atoms with van der Waals surface area (Å²) < 4.78 is 69.3. The van der Waals surface area contributed by atoms with E-state index in [-0.39, 0.29) is 44.5 Å². The van der Waals surface area contributed by atoms with Gasteiger partial charge in [-0.05, 0) is 65.9 Å². The second-order valence-corrected chi connectivity index (χ2v) is 13.4. The first-order valence-corrected chi connectivity index (χ1v) is 16.2. The number of aromatic nitrogens is 1. The Kier molecular flexibility index (Phi) is 9.95. The average Bonchev–Trinajstić information content (AvgIpc) is 3.01. The van der Waals surface area contributed by atoms with Gasteiger partial charge in [-0.1, -0.05) is 59.6 Å². The minimum atomic E-state index is -5.40. The number of alkyl halides is 3. The quantitative estimate of drug-likeness (QED) is 0.179. The number of sulfonamides is 1. The van der Waals surface area contributed by atoms with Crippen molar-refractivity contribution < 1.29 is 31.4 Å². The Hall–Kier alpha value is -3.35. The van der Waals surface area contributed by atoms with E-state index < -0.39 is 15.5 Å². The van der Waals surface area contributed by atoms with Crippen LogP contribution in [0.4, 0.5) is 18.9 Å². The number of rotatable bonds is 9. The Morgan fingerprint density at radius 1 is 1.00 bits per heavy atom. The van der Waals surface area contributed by atoms with Crippen molar-refractivity contribution in [1.82, 2.24) is 9.29 Å². The van der Waals surface area contributed by atoms with Gasteiger partial charge in [0.1, 0.15) is 0 Å². The maximum absolute atomic E-state index is 13.1. The lowest BCUT2D eigenvalue weighted by molar-refractivity contribution is -0.0494. The molecule has 0 atom stereocenters. The van der Waals surface area contributed by atoms with Gasteiger partial charge in [0.25, 0.3) is 0 Å². The zero-order valence-electron chi connectivity index (χ0n) is 24.1. The van der Waals surface area contributed by atoms with E-state index >= 15 is 0 Å². The standard InChI is InChI=1S/C32H30Cl2F3N3O4S/c1-44-29-19-28(38-26-12-14-40(15-13-26)45(42,43)32(35,36)37)27-18-23(17-22(3-2-16-41)31(27)39-29)30(20-4-8-24(33)9-5-20)21-6-10-25(34)11-7-21/h2-11,17-19,26,30,41H,12-16H2,1H3,(H,38,39)/b3-2+. The van der Waals surface area contributed by atoms with Gasteiger partial charge >= 0.3 is 15.5 Å². The summed E-state index contributed by atoms with van der Waals surface area (Å²) in [4.78, 5) is 4.70. The van der Waals surface area contributed by atoms with Gasteiger partial charge in [0.2, 0.25) is 5.88 Å². The molecule has 7 nitrogen and oxygen atoms in total. The number of nitrogens with zero attached hydrogens (tertiary/aromatic N) is 2. The van der Waals surface area contributed by atoms with Crippen LogP contribution in [0.25, 0.3) is 17.0 Å². The van der Waals surface area contributed by atoms with E-state index in [1.165, 1.54) is 7.11 Å². The van der Waals surface area contributed by atoms with Crippen LogP contribution in [0.5, 0.6) is 5.88 Å². The van der Waals surface area contributed by atoms with Crippen LogP contribution in [-0.4, -0.2) is 61.2 Å². The third kappa shape index (κ3) is 7.23. The average molecular weight is 681 g/mol. The van der Waals surface area contributed by atoms with Gasteiger partial charge in [-0.2, -0.15) is 17.5 Å². The van der Waals surface area contributed by atoms with E-state index in [9.17, 15) is 26.7 Å². The highest BCUT2D eigenvalue weighted by molar-refractivity contribution is 7.90. The number of aliphatic hydroxyl groups is 1. The molecule has 13 heteroatoms. The van der Waals surface area contributed by atoms with Gasteiger partial charge < -0.3 is 15.2 Å². The molecule has 1 aliphatic rings. The number of ether oxygens (including phenoxy) is 1. The number of hydrogen-bond donors (Lipinski definition) is 2. The minimum Gasteiger partial charge on any atom is -0.481 e.